The molecule has 0 aliphatic carbocycles. The van der Waals surface area contributed by atoms with Gasteiger partial charge in [-0.05, 0) is 19.5 Å². The second-order valence-corrected chi connectivity index (χ2v) is 3.92. The van der Waals surface area contributed by atoms with Crippen LogP contribution < -0.4 is 5.32 Å². The maximum absolute atomic E-state index is 10.6. The van der Waals surface area contributed by atoms with Crippen molar-refractivity contribution in [1.29, 1.82) is 0 Å². The van der Waals surface area contributed by atoms with E-state index in [9.17, 15) is 13.2 Å². The Bertz CT molecular complexity index is 188. The average Bonchev–Trinajstić information content (AvgIpc) is 2.27. The number of halogens is 3. The van der Waals surface area contributed by atoms with Crippen LogP contribution in [-0.2, 0) is 4.79 Å². The summed E-state index contributed by atoms with van der Waals surface area (Å²) in [5.74, 6) is -2.76. The van der Waals surface area contributed by atoms with E-state index >= 15 is 0 Å². The van der Waals surface area contributed by atoms with Gasteiger partial charge in [-0.15, -0.1) is 0 Å². The number of hydrogen-bond donors (Lipinski definition) is 2. The van der Waals surface area contributed by atoms with Crippen molar-refractivity contribution in [2.45, 2.75) is 58.5 Å². The van der Waals surface area contributed by atoms with Crippen LogP contribution in [0.2, 0.25) is 0 Å². The van der Waals surface area contributed by atoms with Crippen molar-refractivity contribution < 1.29 is 23.1 Å². The van der Waals surface area contributed by atoms with Crippen LogP contribution in [0.3, 0.4) is 0 Å². The molecule has 0 fully saturated rings. The molecule has 0 rings (SSSR count). The van der Waals surface area contributed by atoms with Crippen molar-refractivity contribution in [3.63, 3.8) is 0 Å². The van der Waals surface area contributed by atoms with Gasteiger partial charge in [-0.3, -0.25) is 0 Å². The Morgan fingerprint density at radius 3 is 1.89 bits per heavy atom. The summed E-state index contributed by atoms with van der Waals surface area (Å²) in [5.41, 5.74) is 0. The van der Waals surface area contributed by atoms with Crippen LogP contribution in [0.4, 0.5) is 13.2 Å². The summed E-state index contributed by atoms with van der Waals surface area (Å²) < 4.78 is 31.7. The molecular formula is C12H24F3NO2. The van der Waals surface area contributed by atoms with E-state index in [2.05, 4.69) is 19.2 Å². The first-order valence-corrected chi connectivity index (χ1v) is 6.37. The number of carboxylic acids is 1. The van der Waals surface area contributed by atoms with Crippen LogP contribution in [0.15, 0.2) is 0 Å². The second-order valence-electron chi connectivity index (χ2n) is 3.92. The van der Waals surface area contributed by atoms with E-state index in [-0.39, 0.29) is 0 Å². The van der Waals surface area contributed by atoms with Crippen LogP contribution in [0.1, 0.15) is 52.4 Å². The topological polar surface area (TPSA) is 49.3 Å². The zero-order valence-corrected chi connectivity index (χ0v) is 11.1. The maximum Gasteiger partial charge on any atom is 0.490 e. The first-order chi connectivity index (χ1) is 8.36. The smallest absolute Gasteiger partial charge is 0.475 e. The Morgan fingerprint density at radius 1 is 1.06 bits per heavy atom. The minimum Gasteiger partial charge on any atom is -0.475 e. The summed E-state index contributed by atoms with van der Waals surface area (Å²) in [6.07, 6.45) is 3.32. The van der Waals surface area contributed by atoms with Crippen molar-refractivity contribution in [3.8, 4) is 0 Å². The van der Waals surface area contributed by atoms with Crippen LogP contribution >= 0.6 is 0 Å². The summed E-state index contributed by atoms with van der Waals surface area (Å²) in [7, 11) is 0. The number of carboxylic acid groups (broad SMARTS) is 1. The highest BCUT2D eigenvalue weighted by molar-refractivity contribution is 5.73. The Morgan fingerprint density at radius 2 is 1.50 bits per heavy atom. The van der Waals surface area contributed by atoms with E-state index in [1.165, 1.54) is 45.1 Å². The van der Waals surface area contributed by atoms with Gasteiger partial charge in [0.05, 0.1) is 0 Å². The van der Waals surface area contributed by atoms with Crippen molar-refractivity contribution in [2.24, 2.45) is 0 Å². The molecule has 0 amide bonds. The van der Waals surface area contributed by atoms with Crippen molar-refractivity contribution in [1.82, 2.24) is 5.32 Å². The number of unbranched alkanes of at least 4 members (excludes halogenated alkanes) is 5. The van der Waals surface area contributed by atoms with Gasteiger partial charge < -0.3 is 10.4 Å². The molecule has 0 aliphatic rings. The van der Waals surface area contributed by atoms with Crippen molar-refractivity contribution in [3.05, 3.63) is 0 Å². The van der Waals surface area contributed by atoms with Gasteiger partial charge in [0.15, 0.2) is 0 Å². The maximum atomic E-state index is 10.6. The SMILES string of the molecule is CCCCCCCCNCC.O=C(O)C(F)(F)F. The molecule has 0 bridgehead atoms. The summed E-state index contributed by atoms with van der Waals surface area (Å²) in [4.78, 5) is 8.90. The minimum atomic E-state index is -5.08. The van der Waals surface area contributed by atoms with Crippen molar-refractivity contribution >= 4 is 5.97 Å². The highest BCUT2D eigenvalue weighted by Crippen LogP contribution is 2.13. The predicted octanol–water partition coefficient (Wildman–Crippen LogP) is 3.59. The Balaban J connectivity index is 0. The van der Waals surface area contributed by atoms with Gasteiger partial charge in [0.1, 0.15) is 0 Å². The third-order valence-corrected chi connectivity index (χ3v) is 2.20. The normalized spacial score (nSPS) is 10.7. The van der Waals surface area contributed by atoms with Crippen LogP contribution in [0, 0.1) is 0 Å². The average molecular weight is 271 g/mol. The Labute approximate surface area is 107 Å². The summed E-state index contributed by atoms with van der Waals surface area (Å²) >= 11 is 0. The van der Waals surface area contributed by atoms with Gasteiger partial charge in [-0.2, -0.15) is 13.2 Å². The largest absolute Gasteiger partial charge is 0.490 e. The molecule has 6 heteroatoms. The third-order valence-electron chi connectivity index (χ3n) is 2.20. The van der Waals surface area contributed by atoms with Crippen LogP contribution in [0.25, 0.3) is 0 Å². The highest BCUT2D eigenvalue weighted by Gasteiger charge is 2.38. The van der Waals surface area contributed by atoms with Crippen LogP contribution in [-0.4, -0.2) is 30.3 Å². The lowest BCUT2D eigenvalue weighted by Gasteiger charge is -2.00. The number of nitrogens with one attached hydrogen (secondary N) is 1. The Kier molecular flexibility index (Phi) is 13.8. The lowest BCUT2D eigenvalue weighted by Crippen LogP contribution is -2.21. The fourth-order valence-corrected chi connectivity index (χ4v) is 1.21. The van der Waals surface area contributed by atoms with E-state index in [0.717, 1.165) is 6.54 Å². The summed E-state index contributed by atoms with van der Waals surface area (Å²) in [6.45, 7) is 6.76. The molecule has 0 saturated carbocycles. The molecule has 18 heavy (non-hydrogen) atoms. The molecule has 110 valence electrons. The molecule has 0 saturated heterocycles. The predicted molar refractivity (Wildman–Crippen MR) is 65.6 cm³/mol. The van der Waals surface area contributed by atoms with Gasteiger partial charge >= 0.3 is 12.1 Å². The van der Waals surface area contributed by atoms with E-state index in [0.29, 0.717) is 0 Å². The van der Waals surface area contributed by atoms with Gasteiger partial charge in [-0.25, -0.2) is 4.79 Å². The number of aliphatic carboxylic acids is 1. The Hall–Kier alpha value is -0.780. The lowest BCUT2D eigenvalue weighted by atomic mass is 10.1. The molecule has 0 spiro atoms. The first kappa shape index (κ1) is 19.6. The lowest BCUT2D eigenvalue weighted by molar-refractivity contribution is -0.192. The molecule has 2 N–H and O–H groups in total. The van der Waals surface area contributed by atoms with Gasteiger partial charge in [0.2, 0.25) is 0 Å². The minimum absolute atomic E-state index is 1.12. The van der Waals surface area contributed by atoms with E-state index < -0.39 is 12.1 Å². The van der Waals surface area contributed by atoms with Gasteiger partial charge in [0, 0.05) is 0 Å². The molecule has 0 aromatic carbocycles. The second kappa shape index (κ2) is 12.7. The number of carbonyl (C=O) groups is 1. The zero-order valence-electron chi connectivity index (χ0n) is 11.1. The molecule has 0 aliphatic heterocycles. The number of hydrogen-bond acceptors (Lipinski definition) is 2. The quantitative estimate of drug-likeness (QED) is 0.663. The summed E-state index contributed by atoms with van der Waals surface area (Å²) in [6, 6.07) is 0. The van der Waals surface area contributed by atoms with E-state index in [1.807, 2.05) is 0 Å². The van der Waals surface area contributed by atoms with Gasteiger partial charge in [-0.1, -0.05) is 46.0 Å². The van der Waals surface area contributed by atoms with Gasteiger partial charge in [0.25, 0.3) is 0 Å². The van der Waals surface area contributed by atoms with Crippen molar-refractivity contribution in [2.75, 3.05) is 13.1 Å². The number of rotatable bonds is 8. The molecule has 0 heterocycles. The zero-order chi connectivity index (χ0) is 14.4. The van der Waals surface area contributed by atoms with E-state index in [1.54, 1.807) is 0 Å². The van der Waals surface area contributed by atoms with E-state index in [4.69, 9.17) is 9.90 Å². The molecule has 0 unspecified atom stereocenters. The third kappa shape index (κ3) is 17.6. The molecule has 0 aromatic heterocycles. The molecule has 3 nitrogen and oxygen atoms in total. The number of alkyl halides is 3. The molecule has 0 atom stereocenters. The molecule has 0 radical (unpaired) electrons. The van der Waals surface area contributed by atoms with Crippen LogP contribution in [0.5, 0.6) is 0 Å². The monoisotopic (exact) mass is 271 g/mol. The highest BCUT2D eigenvalue weighted by atomic mass is 19.4. The first-order valence-electron chi connectivity index (χ1n) is 6.37. The standard InChI is InChI=1S/C10H23N.C2HF3O2/c1-3-5-6-7-8-9-10-11-4-2;3-2(4,5)1(6)7/h11H,3-10H2,1-2H3;(H,6,7). The summed E-state index contributed by atoms with van der Waals surface area (Å²) in [5, 5.41) is 10.5. The fourth-order valence-electron chi connectivity index (χ4n) is 1.21. The molecule has 0 aromatic rings. The fraction of sp³-hybridized carbons (Fsp3) is 0.917. The molecular weight excluding hydrogens is 247 g/mol.